The molecule has 260 valence electrons. The quantitative estimate of drug-likeness (QED) is 0.148. The molecule has 0 spiro atoms. The first-order valence-corrected chi connectivity index (χ1v) is 19.9. The Bertz CT molecular complexity index is 2260. The molecule has 0 saturated carbocycles. The van der Waals surface area contributed by atoms with Crippen LogP contribution in [0.15, 0.2) is 115 Å². The summed E-state index contributed by atoms with van der Waals surface area (Å²) in [4.78, 5) is 5.56. The van der Waals surface area contributed by atoms with Gasteiger partial charge in [-0.15, -0.1) is 0 Å². The van der Waals surface area contributed by atoms with Gasteiger partial charge in [0.2, 0.25) is 6.71 Å². The standard InChI is InChI=1S/C49H51BN2/c1-6-8-14-35-20-23-40(24-21-35)51-44-29-37-16-10-11-17-38(37)30-45(44)52-43-25-22-36(15-9-7-2)28-42(43)50(47-33(4)26-32(3)27-34(47)5)48-41-19-13-12-18-39(41)31-46(51)49(48)52/h10-13,16-30,46,48-49H,6-9,14-15,31H2,1-5H3. The predicted octanol–water partition coefficient (Wildman–Crippen LogP) is 11.0. The second-order valence-electron chi connectivity index (χ2n) is 16.0. The second kappa shape index (κ2) is 13.3. The summed E-state index contributed by atoms with van der Waals surface area (Å²) in [7, 11) is 0. The van der Waals surface area contributed by atoms with Gasteiger partial charge in [0.15, 0.2) is 0 Å². The summed E-state index contributed by atoms with van der Waals surface area (Å²) in [6.07, 6.45) is 8.15. The summed E-state index contributed by atoms with van der Waals surface area (Å²) in [5.41, 5.74) is 18.5. The molecule has 3 heteroatoms. The van der Waals surface area contributed by atoms with E-state index in [1.54, 1.807) is 0 Å². The van der Waals surface area contributed by atoms with Crippen LogP contribution in [0.25, 0.3) is 10.8 Å². The molecule has 3 unspecified atom stereocenters. The summed E-state index contributed by atoms with van der Waals surface area (Å²) in [5.74, 6) is 0.287. The molecule has 0 radical (unpaired) electrons. The summed E-state index contributed by atoms with van der Waals surface area (Å²) in [5, 5.41) is 2.60. The SMILES string of the molecule is CCCCc1ccc(N2c3cc4ccccc4cc3N3c4ccc(CCCC)cc4B(c4c(C)cc(C)cc4C)C4c5ccccc5CC2C43)cc1. The average molecular weight is 679 g/mol. The normalized spacial score (nSPS) is 18.6. The second-order valence-corrected chi connectivity index (χ2v) is 16.0. The van der Waals surface area contributed by atoms with Crippen molar-refractivity contribution in [3.63, 3.8) is 0 Å². The van der Waals surface area contributed by atoms with Gasteiger partial charge >= 0.3 is 0 Å². The summed E-state index contributed by atoms with van der Waals surface area (Å²) >= 11 is 0. The van der Waals surface area contributed by atoms with Crippen molar-refractivity contribution in [2.24, 2.45) is 0 Å². The lowest BCUT2D eigenvalue weighted by Crippen LogP contribution is -2.69. The first-order valence-electron chi connectivity index (χ1n) is 19.9. The topological polar surface area (TPSA) is 6.48 Å². The van der Waals surface area contributed by atoms with Crippen LogP contribution in [0.2, 0.25) is 0 Å². The van der Waals surface area contributed by atoms with Gasteiger partial charge in [-0.25, -0.2) is 0 Å². The summed E-state index contributed by atoms with van der Waals surface area (Å²) < 4.78 is 0. The number of unbranched alkanes of at least 4 members (excludes halogenated alkanes) is 2. The Morgan fingerprint density at radius 3 is 1.92 bits per heavy atom. The van der Waals surface area contributed by atoms with Gasteiger partial charge in [0.25, 0.3) is 0 Å². The molecule has 6 aromatic rings. The minimum Gasteiger partial charge on any atom is -0.335 e. The van der Waals surface area contributed by atoms with Gasteiger partial charge in [0.1, 0.15) is 0 Å². The van der Waals surface area contributed by atoms with Crippen LogP contribution >= 0.6 is 0 Å². The molecule has 3 aliphatic rings. The van der Waals surface area contributed by atoms with E-state index in [9.17, 15) is 0 Å². The molecule has 0 amide bonds. The molecule has 52 heavy (non-hydrogen) atoms. The molecule has 0 saturated heterocycles. The van der Waals surface area contributed by atoms with Crippen molar-refractivity contribution in [2.45, 2.75) is 97.5 Å². The lowest BCUT2D eigenvalue weighted by molar-refractivity contribution is 0.447. The third-order valence-electron chi connectivity index (χ3n) is 12.5. The molecular formula is C49H51BN2. The molecule has 0 aromatic heterocycles. The van der Waals surface area contributed by atoms with Gasteiger partial charge in [-0.3, -0.25) is 0 Å². The maximum Gasteiger partial charge on any atom is 0.222 e. The minimum absolute atomic E-state index is 0.252. The number of anilines is 4. The van der Waals surface area contributed by atoms with Crippen LogP contribution in [0, 0.1) is 20.8 Å². The number of nitrogens with zero attached hydrogens (tertiary/aromatic N) is 2. The van der Waals surface area contributed by atoms with Crippen molar-refractivity contribution >= 4 is 51.2 Å². The third-order valence-corrected chi connectivity index (χ3v) is 12.5. The van der Waals surface area contributed by atoms with Crippen molar-refractivity contribution in [1.82, 2.24) is 0 Å². The molecule has 0 bridgehead atoms. The minimum atomic E-state index is 0.252. The van der Waals surface area contributed by atoms with Gasteiger partial charge in [0.05, 0.1) is 23.5 Å². The van der Waals surface area contributed by atoms with Crippen molar-refractivity contribution in [1.29, 1.82) is 0 Å². The van der Waals surface area contributed by atoms with Crippen LogP contribution in [0.5, 0.6) is 0 Å². The van der Waals surface area contributed by atoms with Crippen LogP contribution in [0.3, 0.4) is 0 Å². The van der Waals surface area contributed by atoms with Gasteiger partial charge in [-0.05, 0) is 128 Å². The third kappa shape index (κ3) is 5.39. The van der Waals surface area contributed by atoms with E-state index >= 15 is 0 Å². The fourth-order valence-electron chi connectivity index (χ4n) is 10.4. The van der Waals surface area contributed by atoms with Crippen LogP contribution in [-0.4, -0.2) is 18.8 Å². The maximum absolute atomic E-state index is 2.81. The van der Waals surface area contributed by atoms with E-state index in [-0.39, 0.29) is 24.6 Å². The van der Waals surface area contributed by atoms with E-state index in [0.717, 1.165) is 19.3 Å². The van der Waals surface area contributed by atoms with Crippen molar-refractivity contribution in [2.75, 3.05) is 9.80 Å². The monoisotopic (exact) mass is 678 g/mol. The summed E-state index contributed by atoms with van der Waals surface area (Å²) in [6, 6.07) is 45.9. The van der Waals surface area contributed by atoms with Gasteiger partial charge in [0, 0.05) is 11.4 Å². The maximum atomic E-state index is 2.81. The number of benzene rings is 6. The van der Waals surface area contributed by atoms with Crippen LogP contribution in [0.4, 0.5) is 22.7 Å². The number of fused-ring (bicyclic) bond motifs is 7. The zero-order valence-electron chi connectivity index (χ0n) is 31.6. The Morgan fingerprint density at radius 2 is 1.23 bits per heavy atom. The number of hydrogen-bond acceptors (Lipinski definition) is 2. The molecule has 2 heterocycles. The molecule has 9 rings (SSSR count). The van der Waals surface area contributed by atoms with E-state index in [1.165, 1.54) is 109 Å². The van der Waals surface area contributed by atoms with E-state index in [0.29, 0.717) is 0 Å². The molecule has 0 N–H and O–H groups in total. The Hall–Kier alpha value is -4.76. The fourth-order valence-corrected chi connectivity index (χ4v) is 10.4. The highest BCUT2D eigenvalue weighted by molar-refractivity contribution is 6.88. The number of hydrogen-bond donors (Lipinski definition) is 0. The Kier molecular flexibility index (Phi) is 8.49. The molecule has 6 aromatic carbocycles. The Morgan fingerprint density at radius 1 is 0.615 bits per heavy atom. The summed E-state index contributed by atoms with van der Waals surface area (Å²) in [6.45, 7) is 11.8. The van der Waals surface area contributed by atoms with Crippen LogP contribution in [0.1, 0.15) is 84.3 Å². The van der Waals surface area contributed by atoms with Crippen LogP contribution < -0.4 is 20.7 Å². The van der Waals surface area contributed by atoms with Crippen molar-refractivity contribution < 1.29 is 0 Å². The number of aryl methyl sites for hydroxylation is 5. The highest BCUT2D eigenvalue weighted by atomic mass is 15.3. The highest BCUT2D eigenvalue weighted by Gasteiger charge is 2.55. The van der Waals surface area contributed by atoms with Gasteiger partial charge in [-0.2, -0.15) is 0 Å². The molecule has 1 aliphatic carbocycles. The highest BCUT2D eigenvalue weighted by Crippen LogP contribution is 2.55. The smallest absolute Gasteiger partial charge is 0.222 e. The van der Waals surface area contributed by atoms with E-state index in [4.69, 9.17) is 0 Å². The molecule has 0 fully saturated rings. The van der Waals surface area contributed by atoms with E-state index in [1.807, 2.05) is 0 Å². The van der Waals surface area contributed by atoms with E-state index in [2.05, 4.69) is 160 Å². The molecule has 3 atom stereocenters. The van der Waals surface area contributed by atoms with Gasteiger partial charge < -0.3 is 9.80 Å². The van der Waals surface area contributed by atoms with Crippen molar-refractivity contribution in [3.05, 3.63) is 154 Å². The number of rotatable bonds is 8. The predicted molar refractivity (Wildman–Crippen MR) is 224 cm³/mol. The lowest BCUT2D eigenvalue weighted by atomic mass is 9.27. The fraction of sp³-hybridized carbons (Fsp3) is 0.306. The van der Waals surface area contributed by atoms with E-state index < -0.39 is 0 Å². The molecule has 2 nitrogen and oxygen atoms in total. The van der Waals surface area contributed by atoms with Crippen molar-refractivity contribution in [3.8, 4) is 0 Å². The average Bonchev–Trinajstić information content (AvgIpc) is 3.16. The lowest BCUT2D eigenvalue weighted by Gasteiger charge is -2.59. The first-order chi connectivity index (χ1) is 25.4. The molecule has 2 aliphatic heterocycles. The first kappa shape index (κ1) is 33.1. The Balaban J connectivity index is 1.35. The largest absolute Gasteiger partial charge is 0.335 e. The molecular weight excluding hydrogens is 627 g/mol. The zero-order chi connectivity index (χ0) is 35.5. The zero-order valence-corrected chi connectivity index (χ0v) is 31.6. The Labute approximate surface area is 311 Å². The van der Waals surface area contributed by atoms with Gasteiger partial charge in [-0.1, -0.05) is 134 Å². The van der Waals surface area contributed by atoms with Crippen LogP contribution in [-0.2, 0) is 19.3 Å².